The molecule has 0 saturated heterocycles. The fraction of sp³-hybridized carbons (Fsp3) is 0.923. The molecule has 0 aromatic rings. The van der Waals surface area contributed by atoms with Gasteiger partial charge < -0.3 is 19.7 Å². The molecule has 0 bridgehead atoms. The summed E-state index contributed by atoms with van der Waals surface area (Å²) in [7, 11) is 3.73. The number of nitrogens with zero attached hydrogens (tertiary/aromatic N) is 2. The molecule has 0 atom stereocenters. The Bertz CT molecular complexity index is 242. The first-order chi connectivity index (χ1) is 8.77. The summed E-state index contributed by atoms with van der Waals surface area (Å²) in [5.74, 6) is 1.75. The van der Waals surface area contributed by atoms with E-state index >= 15 is 0 Å². The van der Waals surface area contributed by atoms with Gasteiger partial charge in [0, 0.05) is 33.9 Å². The Morgan fingerprint density at radius 3 is 2.78 bits per heavy atom. The molecule has 0 amide bonds. The normalized spacial score (nSPS) is 15.8. The molecule has 1 saturated carbocycles. The Morgan fingerprint density at radius 1 is 1.39 bits per heavy atom. The minimum atomic E-state index is 0.654. The van der Waals surface area contributed by atoms with Gasteiger partial charge in [-0.2, -0.15) is 0 Å². The molecule has 1 fully saturated rings. The first kappa shape index (κ1) is 15.2. The molecule has 106 valence electrons. The molecular formula is C13H27N3O2. The minimum absolute atomic E-state index is 0.654. The van der Waals surface area contributed by atoms with E-state index in [2.05, 4.69) is 22.1 Å². The van der Waals surface area contributed by atoms with Crippen molar-refractivity contribution in [1.29, 1.82) is 0 Å². The summed E-state index contributed by atoms with van der Waals surface area (Å²) in [6.07, 6.45) is 2.69. The average Bonchev–Trinajstić information content (AvgIpc) is 3.17. The Balaban J connectivity index is 2.18. The third-order valence-corrected chi connectivity index (χ3v) is 2.87. The van der Waals surface area contributed by atoms with Gasteiger partial charge in [0.1, 0.15) is 0 Å². The summed E-state index contributed by atoms with van der Waals surface area (Å²) in [4.78, 5) is 6.58. The Kier molecular flexibility index (Phi) is 7.76. The van der Waals surface area contributed by atoms with Crippen LogP contribution in [-0.2, 0) is 9.47 Å². The van der Waals surface area contributed by atoms with Gasteiger partial charge in [0.05, 0.1) is 19.8 Å². The molecule has 0 radical (unpaired) electrons. The van der Waals surface area contributed by atoms with Crippen molar-refractivity contribution in [3.8, 4) is 0 Å². The SMILES string of the molecule is CCNC(=NCCOC)N(C)CCOCC1CC1. The van der Waals surface area contributed by atoms with Gasteiger partial charge in [-0.15, -0.1) is 0 Å². The standard InChI is InChI=1S/C13H27N3O2/c1-4-14-13(15-7-9-17-3)16(2)8-10-18-11-12-5-6-12/h12H,4-11H2,1-3H3,(H,14,15). The molecule has 1 aliphatic rings. The van der Waals surface area contributed by atoms with Gasteiger partial charge in [-0.25, -0.2) is 0 Å². The van der Waals surface area contributed by atoms with Gasteiger partial charge >= 0.3 is 0 Å². The minimum Gasteiger partial charge on any atom is -0.383 e. The molecule has 0 aromatic carbocycles. The van der Waals surface area contributed by atoms with E-state index < -0.39 is 0 Å². The van der Waals surface area contributed by atoms with Gasteiger partial charge in [-0.05, 0) is 25.7 Å². The highest BCUT2D eigenvalue weighted by Crippen LogP contribution is 2.28. The highest BCUT2D eigenvalue weighted by atomic mass is 16.5. The zero-order valence-electron chi connectivity index (χ0n) is 11.9. The first-order valence-corrected chi connectivity index (χ1v) is 6.84. The largest absolute Gasteiger partial charge is 0.383 e. The van der Waals surface area contributed by atoms with Crippen LogP contribution in [0, 0.1) is 5.92 Å². The van der Waals surface area contributed by atoms with E-state index in [4.69, 9.17) is 9.47 Å². The third-order valence-electron chi connectivity index (χ3n) is 2.87. The van der Waals surface area contributed by atoms with E-state index in [1.54, 1.807) is 7.11 Å². The van der Waals surface area contributed by atoms with Crippen molar-refractivity contribution in [3.05, 3.63) is 0 Å². The maximum absolute atomic E-state index is 5.63. The Hall–Kier alpha value is -0.810. The van der Waals surface area contributed by atoms with Crippen molar-refractivity contribution >= 4 is 5.96 Å². The van der Waals surface area contributed by atoms with Gasteiger partial charge in [0.2, 0.25) is 0 Å². The summed E-state index contributed by atoms with van der Waals surface area (Å²) in [5.41, 5.74) is 0. The molecule has 5 heteroatoms. The van der Waals surface area contributed by atoms with Crippen molar-refractivity contribution in [2.24, 2.45) is 10.9 Å². The lowest BCUT2D eigenvalue weighted by atomic mass is 10.5. The van der Waals surface area contributed by atoms with Crippen molar-refractivity contribution in [2.45, 2.75) is 19.8 Å². The number of likely N-dealkylation sites (N-methyl/N-ethyl adjacent to an activating group) is 1. The number of nitrogens with one attached hydrogen (secondary N) is 1. The molecule has 0 unspecified atom stereocenters. The van der Waals surface area contributed by atoms with Crippen LogP contribution in [0.5, 0.6) is 0 Å². The lowest BCUT2D eigenvalue weighted by molar-refractivity contribution is 0.115. The Morgan fingerprint density at radius 2 is 2.17 bits per heavy atom. The second kappa shape index (κ2) is 9.16. The molecule has 1 rings (SSSR count). The van der Waals surface area contributed by atoms with Gasteiger partial charge in [0.15, 0.2) is 5.96 Å². The van der Waals surface area contributed by atoms with E-state index in [0.717, 1.165) is 38.2 Å². The predicted octanol–water partition coefficient (Wildman–Crippen LogP) is 0.957. The molecular weight excluding hydrogens is 230 g/mol. The zero-order chi connectivity index (χ0) is 13.2. The van der Waals surface area contributed by atoms with Gasteiger partial charge in [0.25, 0.3) is 0 Å². The zero-order valence-corrected chi connectivity index (χ0v) is 11.9. The molecule has 0 aliphatic heterocycles. The molecule has 0 heterocycles. The van der Waals surface area contributed by atoms with Crippen molar-refractivity contribution in [1.82, 2.24) is 10.2 Å². The number of guanidine groups is 1. The number of rotatable bonds is 9. The molecule has 0 spiro atoms. The topological polar surface area (TPSA) is 46.1 Å². The summed E-state index contributed by atoms with van der Waals surface area (Å²) < 4.78 is 10.6. The first-order valence-electron chi connectivity index (χ1n) is 6.84. The van der Waals surface area contributed by atoms with Gasteiger partial charge in [-0.3, -0.25) is 4.99 Å². The fourth-order valence-electron chi connectivity index (χ4n) is 1.55. The Labute approximate surface area is 111 Å². The lowest BCUT2D eigenvalue weighted by Crippen LogP contribution is -2.40. The molecule has 1 aliphatic carbocycles. The number of methoxy groups -OCH3 is 1. The average molecular weight is 257 g/mol. The quantitative estimate of drug-likeness (QED) is 0.380. The van der Waals surface area contributed by atoms with Crippen molar-refractivity contribution in [3.63, 3.8) is 0 Å². The number of ether oxygens (including phenoxy) is 2. The van der Waals surface area contributed by atoms with Crippen LogP contribution in [0.4, 0.5) is 0 Å². The van der Waals surface area contributed by atoms with Crippen molar-refractivity contribution in [2.75, 3.05) is 53.6 Å². The molecule has 0 aromatic heterocycles. The van der Waals surface area contributed by atoms with Crippen LogP contribution in [0.1, 0.15) is 19.8 Å². The number of hydrogen-bond acceptors (Lipinski definition) is 3. The summed E-state index contributed by atoms with van der Waals surface area (Å²) in [6, 6.07) is 0. The maximum Gasteiger partial charge on any atom is 0.193 e. The van der Waals surface area contributed by atoms with E-state index in [0.29, 0.717) is 13.2 Å². The van der Waals surface area contributed by atoms with Crippen LogP contribution in [0.25, 0.3) is 0 Å². The van der Waals surface area contributed by atoms with E-state index in [9.17, 15) is 0 Å². The maximum atomic E-state index is 5.63. The predicted molar refractivity (Wildman–Crippen MR) is 74.0 cm³/mol. The van der Waals surface area contributed by atoms with E-state index in [1.807, 2.05) is 7.05 Å². The second-order valence-electron chi connectivity index (χ2n) is 4.67. The smallest absolute Gasteiger partial charge is 0.193 e. The highest BCUT2D eigenvalue weighted by molar-refractivity contribution is 5.79. The van der Waals surface area contributed by atoms with Gasteiger partial charge in [-0.1, -0.05) is 0 Å². The lowest BCUT2D eigenvalue weighted by Gasteiger charge is -2.21. The summed E-state index contributed by atoms with van der Waals surface area (Å²) >= 11 is 0. The van der Waals surface area contributed by atoms with Crippen LogP contribution in [0.2, 0.25) is 0 Å². The highest BCUT2D eigenvalue weighted by Gasteiger charge is 2.21. The van der Waals surface area contributed by atoms with Crippen LogP contribution < -0.4 is 5.32 Å². The third kappa shape index (κ3) is 6.81. The van der Waals surface area contributed by atoms with Crippen molar-refractivity contribution < 1.29 is 9.47 Å². The van der Waals surface area contributed by atoms with Crippen LogP contribution >= 0.6 is 0 Å². The van der Waals surface area contributed by atoms with Crippen LogP contribution in [-0.4, -0.2) is 64.5 Å². The molecule has 5 nitrogen and oxygen atoms in total. The monoisotopic (exact) mass is 257 g/mol. The molecule has 18 heavy (non-hydrogen) atoms. The summed E-state index contributed by atoms with van der Waals surface area (Å²) in [6.45, 7) is 6.84. The summed E-state index contributed by atoms with van der Waals surface area (Å²) in [5, 5.41) is 3.27. The fourth-order valence-corrected chi connectivity index (χ4v) is 1.55. The van der Waals surface area contributed by atoms with E-state index in [1.165, 1.54) is 12.8 Å². The molecule has 1 N–H and O–H groups in total. The number of hydrogen-bond donors (Lipinski definition) is 1. The van der Waals surface area contributed by atoms with Crippen LogP contribution in [0.3, 0.4) is 0 Å². The second-order valence-corrected chi connectivity index (χ2v) is 4.67. The van der Waals surface area contributed by atoms with Crippen LogP contribution in [0.15, 0.2) is 4.99 Å². The number of aliphatic imine (C=N–C) groups is 1. The van der Waals surface area contributed by atoms with E-state index in [-0.39, 0.29) is 0 Å².